The smallest absolute Gasteiger partial charge is 0.294 e. The molecule has 0 bridgehead atoms. The molecule has 1 aromatic carbocycles. The van der Waals surface area contributed by atoms with Gasteiger partial charge in [-0.2, -0.15) is 8.42 Å². The van der Waals surface area contributed by atoms with Gasteiger partial charge in [0.25, 0.3) is 10.1 Å². The van der Waals surface area contributed by atoms with E-state index in [0.29, 0.717) is 6.54 Å². The Bertz CT molecular complexity index is 408. The van der Waals surface area contributed by atoms with Crippen molar-refractivity contribution in [2.45, 2.75) is 4.90 Å². The van der Waals surface area contributed by atoms with Crippen molar-refractivity contribution in [3.05, 3.63) is 36.9 Å². The molecule has 0 heterocycles. The highest BCUT2D eigenvalue weighted by Crippen LogP contribution is 2.13. The van der Waals surface area contributed by atoms with Crippen LogP contribution in [0.5, 0.6) is 0 Å². The standard InChI is InChI=1S/C9H11NO3S/c1-2-7-10-8-3-5-9(6-4-8)14(11,12)13/h2-6,10H,1,7H2,(H,11,12,13). The highest BCUT2D eigenvalue weighted by molar-refractivity contribution is 7.85. The van der Waals surface area contributed by atoms with Crippen molar-refractivity contribution < 1.29 is 13.0 Å². The predicted molar refractivity (Wildman–Crippen MR) is 54.9 cm³/mol. The van der Waals surface area contributed by atoms with Crippen molar-refractivity contribution in [2.24, 2.45) is 0 Å². The minimum Gasteiger partial charge on any atom is -0.382 e. The zero-order chi connectivity index (χ0) is 10.6. The lowest BCUT2D eigenvalue weighted by atomic mass is 10.3. The first-order valence-corrected chi connectivity index (χ1v) is 5.40. The number of nitrogens with one attached hydrogen (secondary N) is 1. The molecule has 1 aromatic rings. The summed E-state index contributed by atoms with van der Waals surface area (Å²) in [6.07, 6.45) is 1.69. The van der Waals surface area contributed by atoms with Crippen LogP contribution in [0.25, 0.3) is 0 Å². The molecule has 14 heavy (non-hydrogen) atoms. The molecular weight excluding hydrogens is 202 g/mol. The average Bonchev–Trinajstić information content (AvgIpc) is 2.14. The van der Waals surface area contributed by atoms with E-state index in [9.17, 15) is 8.42 Å². The number of benzene rings is 1. The normalized spacial score (nSPS) is 10.9. The zero-order valence-corrected chi connectivity index (χ0v) is 8.29. The molecule has 4 nitrogen and oxygen atoms in total. The van der Waals surface area contributed by atoms with Gasteiger partial charge in [0.1, 0.15) is 0 Å². The fraction of sp³-hybridized carbons (Fsp3) is 0.111. The second-order valence-electron chi connectivity index (χ2n) is 2.67. The molecule has 0 aliphatic heterocycles. The molecule has 0 saturated carbocycles. The van der Waals surface area contributed by atoms with Gasteiger partial charge in [-0.3, -0.25) is 4.55 Å². The van der Waals surface area contributed by atoms with Crippen molar-refractivity contribution in [3.63, 3.8) is 0 Å². The van der Waals surface area contributed by atoms with Crippen molar-refractivity contribution in [2.75, 3.05) is 11.9 Å². The Hall–Kier alpha value is -1.33. The Balaban J connectivity index is 2.84. The minimum atomic E-state index is -4.09. The fourth-order valence-corrected chi connectivity index (χ4v) is 1.41. The topological polar surface area (TPSA) is 66.4 Å². The summed E-state index contributed by atoms with van der Waals surface area (Å²) >= 11 is 0. The van der Waals surface area contributed by atoms with Crippen LogP contribution in [0.15, 0.2) is 41.8 Å². The summed E-state index contributed by atoms with van der Waals surface area (Å²) in [6.45, 7) is 4.14. The molecule has 0 aliphatic rings. The third-order valence-electron chi connectivity index (χ3n) is 1.60. The molecule has 0 unspecified atom stereocenters. The van der Waals surface area contributed by atoms with Crippen LogP contribution in [0.1, 0.15) is 0 Å². The Labute approximate surface area is 83.0 Å². The van der Waals surface area contributed by atoms with E-state index in [-0.39, 0.29) is 4.90 Å². The van der Waals surface area contributed by atoms with Crippen LogP contribution >= 0.6 is 0 Å². The van der Waals surface area contributed by atoms with E-state index in [2.05, 4.69) is 11.9 Å². The van der Waals surface area contributed by atoms with Crippen molar-refractivity contribution in [3.8, 4) is 0 Å². The lowest BCUT2D eigenvalue weighted by molar-refractivity contribution is 0.483. The van der Waals surface area contributed by atoms with Gasteiger partial charge < -0.3 is 5.32 Å². The SMILES string of the molecule is C=CCNc1ccc(S(=O)(=O)O)cc1. The first kappa shape index (κ1) is 10.7. The first-order chi connectivity index (χ1) is 6.54. The second-order valence-corrected chi connectivity index (χ2v) is 4.09. The molecule has 0 aliphatic carbocycles. The maximum Gasteiger partial charge on any atom is 0.294 e. The van der Waals surface area contributed by atoms with Crippen LogP contribution in [0.4, 0.5) is 5.69 Å². The monoisotopic (exact) mass is 213 g/mol. The van der Waals surface area contributed by atoms with Crippen LogP contribution in [0, 0.1) is 0 Å². The average molecular weight is 213 g/mol. The summed E-state index contributed by atoms with van der Waals surface area (Å²) in [5, 5.41) is 2.98. The quantitative estimate of drug-likeness (QED) is 0.588. The van der Waals surface area contributed by atoms with E-state index in [1.165, 1.54) is 12.1 Å². The lowest BCUT2D eigenvalue weighted by Crippen LogP contribution is -2.00. The zero-order valence-electron chi connectivity index (χ0n) is 7.47. The van der Waals surface area contributed by atoms with Gasteiger partial charge in [-0.05, 0) is 24.3 Å². The molecule has 0 aromatic heterocycles. The maximum atomic E-state index is 10.7. The maximum absolute atomic E-state index is 10.7. The summed E-state index contributed by atoms with van der Waals surface area (Å²) in [4.78, 5) is -0.110. The Morgan fingerprint density at radius 2 is 1.93 bits per heavy atom. The molecule has 0 atom stereocenters. The van der Waals surface area contributed by atoms with Crippen LogP contribution in [-0.2, 0) is 10.1 Å². The molecule has 0 radical (unpaired) electrons. The van der Waals surface area contributed by atoms with Crippen LogP contribution in [0.3, 0.4) is 0 Å². The van der Waals surface area contributed by atoms with Gasteiger partial charge in [0.05, 0.1) is 4.90 Å². The molecule has 0 amide bonds. The number of anilines is 1. The van der Waals surface area contributed by atoms with E-state index < -0.39 is 10.1 Å². The van der Waals surface area contributed by atoms with Crippen molar-refractivity contribution in [1.82, 2.24) is 0 Å². The van der Waals surface area contributed by atoms with E-state index >= 15 is 0 Å². The van der Waals surface area contributed by atoms with Gasteiger partial charge >= 0.3 is 0 Å². The van der Waals surface area contributed by atoms with Crippen molar-refractivity contribution in [1.29, 1.82) is 0 Å². The van der Waals surface area contributed by atoms with E-state index in [0.717, 1.165) is 5.69 Å². The number of rotatable bonds is 4. The Kier molecular flexibility index (Phi) is 3.27. The van der Waals surface area contributed by atoms with Crippen LogP contribution in [0.2, 0.25) is 0 Å². The summed E-state index contributed by atoms with van der Waals surface area (Å²) in [6, 6.07) is 5.82. The molecule has 0 fully saturated rings. The van der Waals surface area contributed by atoms with Gasteiger partial charge in [-0.15, -0.1) is 6.58 Å². The van der Waals surface area contributed by atoms with Crippen LogP contribution < -0.4 is 5.32 Å². The summed E-state index contributed by atoms with van der Waals surface area (Å²) in [5.41, 5.74) is 0.775. The summed E-state index contributed by atoms with van der Waals surface area (Å²) < 4.78 is 30.0. The van der Waals surface area contributed by atoms with E-state index in [4.69, 9.17) is 4.55 Å². The van der Waals surface area contributed by atoms with Gasteiger partial charge in [0.15, 0.2) is 0 Å². The van der Waals surface area contributed by atoms with Gasteiger partial charge in [0, 0.05) is 12.2 Å². The fourth-order valence-electron chi connectivity index (χ4n) is 0.935. The summed E-state index contributed by atoms with van der Waals surface area (Å²) in [7, 11) is -4.09. The largest absolute Gasteiger partial charge is 0.382 e. The van der Waals surface area contributed by atoms with Gasteiger partial charge in [0.2, 0.25) is 0 Å². The molecule has 76 valence electrons. The third-order valence-corrected chi connectivity index (χ3v) is 2.47. The van der Waals surface area contributed by atoms with Crippen molar-refractivity contribution >= 4 is 15.8 Å². The Morgan fingerprint density at radius 1 is 1.36 bits per heavy atom. The third kappa shape index (κ3) is 2.86. The highest BCUT2D eigenvalue weighted by atomic mass is 32.2. The first-order valence-electron chi connectivity index (χ1n) is 3.96. The minimum absolute atomic E-state index is 0.110. The number of hydrogen-bond donors (Lipinski definition) is 2. The van der Waals surface area contributed by atoms with E-state index in [1.807, 2.05) is 0 Å². The Morgan fingerprint density at radius 3 is 2.36 bits per heavy atom. The molecule has 2 N–H and O–H groups in total. The van der Waals surface area contributed by atoms with Gasteiger partial charge in [-0.25, -0.2) is 0 Å². The second kappa shape index (κ2) is 4.26. The molecule has 0 saturated heterocycles. The van der Waals surface area contributed by atoms with Crippen LogP contribution in [-0.4, -0.2) is 19.5 Å². The summed E-state index contributed by atoms with van der Waals surface area (Å²) in [5.74, 6) is 0. The molecule has 0 spiro atoms. The molecule has 1 rings (SSSR count). The van der Waals surface area contributed by atoms with Gasteiger partial charge in [-0.1, -0.05) is 6.08 Å². The lowest BCUT2D eigenvalue weighted by Gasteiger charge is -2.03. The highest BCUT2D eigenvalue weighted by Gasteiger charge is 2.07. The molecule has 5 heteroatoms. The van der Waals surface area contributed by atoms with E-state index in [1.54, 1.807) is 18.2 Å². The predicted octanol–water partition coefficient (Wildman–Crippen LogP) is 1.53. The molecular formula is C9H11NO3S. The number of hydrogen-bond acceptors (Lipinski definition) is 3.